The van der Waals surface area contributed by atoms with Crippen molar-refractivity contribution in [3.05, 3.63) is 23.7 Å². The predicted octanol–water partition coefficient (Wildman–Crippen LogP) is 1.13. The highest BCUT2D eigenvalue weighted by molar-refractivity contribution is 5.12. The maximum Gasteiger partial charge on any atom is 0.0986 e. The monoisotopic (exact) mass is 181 g/mol. The molecule has 1 saturated heterocycles. The van der Waals surface area contributed by atoms with Crippen molar-refractivity contribution in [1.82, 2.24) is 4.90 Å². The molecule has 0 aromatic rings. The van der Waals surface area contributed by atoms with Gasteiger partial charge in [-0.05, 0) is 38.3 Å². The van der Waals surface area contributed by atoms with Crippen LogP contribution in [0.4, 0.5) is 0 Å². The number of likely N-dealkylation sites (tertiary alicyclic amines) is 1. The first-order chi connectivity index (χ1) is 6.20. The largest absolute Gasteiger partial charge is 0.402 e. The minimum absolute atomic E-state index is 0.792. The van der Waals surface area contributed by atoms with Crippen LogP contribution in [0.3, 0.4) is 0 Å². The highest BCUT2D eigenvalue weighted by atomic mass is 15.2. The second-order valence-electron chi connectivity index (χ2n) is 3.55. The lowest BCUT2D eigenvalue weighted by atomic mass is 10.1. The summed E-state index contributed by atoms with van der Waals surface area (Å²) >= 11 is 0. The molecule has 0 saturated carbocycles. The molecular formula is C10H19N3. The van der Waals surface area contributed by atoms with Crippen LogP contribution in [0.5, 0.6) is 0 Å². The summed E-state index contributed by atoms with van der Waals surface area (Å²) in [5, 5.41) is 0. The van der Waals surface area contributed by atoms with Gasteiger partial charge in [-0.15, -0.1) is 0 Å². The van der Waals surface area contributed by atoms with Crippen LogP contribution < -0.4 is 11.5 Å². The quantitative estimate of drug-likeness (QED) is 0.628. The zero-order valence-corrected chi connectivity index (χ0v) is 8.29. The van der Waals surface area contributed by atoms with E-state index in [4.69, 9.17) is 11.5 Å². The lowest BCUT2D eigenvalue weighted by Crippen LogP contribution is -2.32. The number of rotatable bonds is 2. The molecule has 3 nitrogen and oxygen atoms in total. The molecule has 0 aromatic heterocycles. The minimum atomic E-state index is 0.792. The van der Waals surface area contributed by atoms with Gasteiger partial charge in [0.1, 0.15) is 0 Å². The van der Waals surface area contributed by atoms with E-state index in [9.17, 15) is 0 Å². The van der Waals surface area contributed by atoms with Crippen molar-refractivity contribution in [2.24, 2.45) is 11.5 Å². The first-order valence-corrected chi connectivity index (χ1v) is 4.84. The summed E-state index contributed by atoms with van der Waals surface area (Å²) in [6.45, 7) is 4.03. The fourth-order valence-electron chi connectivity index (χ4n) is 1.47. The van der Waals surface area contributed by atoms with Crippen LogP contribution in [0.1, 0.15) is 26.2 Å². The zero-order valence-electron chi connectivity index (χ0n) is 8.29. The number of piperidine rings is 1. The van der Waals surface area contributed by atoms with E-state index in [1.807, 2.05) is 19.1 Å². The van der Waals surface area contributed by atoms with E-state index in [1.165, 1.54) is 19.3 Å². The van der Waals surface area contributed by atoms with Gasteiger partial charge in [-0.25, -0.2) is 0 Å². The molecule has 0 aromatic carbocycles. The second kappa shape index (κ2) is 4.80. The molecule has 3 heteroatoms. The van der Waals surface area contributed by atoms with Crippen molar-refractivity contribution in [1.29, 1.82) is 0 Å². The normalized spacial score (nSPS) is 20.5. The van der Waals surface area contributed by atoms with Gasteiger partial charge in [-0.3, -0.25) is 0 Å². The van der Waals surface area contributed by atoms with Gasteiger partial charge in [0.15, 0.2) is 0 Å². The van der Waals surface area contributed by atoms with E-state index in [0.29, 0.717) is 0 Å². The lowest BCUT2D eigenvalue weighted by molar-refractivity contribution is 0.282. The Balaban J connectivity index is 2.49. The number of nitrogens with two attached hydrogens (primary N) is 2. The zero-order chi connectivity index (χ0) is 9.68. The maximum atomic E-state index is 5.88. The van der Waals surface area contributed by atoms with Crippen LogP contribution in [0.2, 0.25) is 0 Å². The Bertz CT molecular complexity index is 208. The Kier molecular flexibility index (Phi) is 3.68. The van der Waals surface area contributed by atoms with E-state index < -0.39 is 0 Å². The van der Waals surface area contributed by atoms with E-state index in [-0.39, 0.29) is 0 Å². The summed E-state index contributed by atoms with van der Waals surface area (Å²) in [7, 11) is 0. The highest BCUT2D eigenvalue weighted by Crippen LogP contribution is 2.11. The Morgan fingerprint density at radius 2 is 1.69 bits per heavy atom. The topological polar surface area (TPSA) is 55.3 Å². The SMILES string of the molecule is C/C(N)=C/C=C(\N)N1CCCCC1. The molecule has 1 aliphatic heterocycles. The van der Waals surface area contributed by atoms with Crippen molar-refractivity contribution < 1.29 is 0 Å². The summed E-state index contributed by atoms with van der Waals surface area (Å²) in [5.41, 5.74) is 12.2. The second-order valence-corrected chi connectivity index (χ2v) is 3.55. The summed E-state index contributed by atoms with van der Waals surface area (Å²) in [6, 6.07) is 0. The summed E-state index contributed by atoms with van der Waals surface area (Å²) in [4.78, 5) is 2.21. The Morgan fingerprint density at radius 1 is 1.08 bits per heavy atom. The highest BCUT2D eigenvalue weighted by Gasteiger charge is 2.09. The van der Waals surface area contributed by atoms with Crippen molar-refractivity contribution in [3.8, 4) is 0 Å². The standard InChI is InChI=1S/C10H19N3/c1-9(11)5-6-10(12)13-7-3-2-4-8-13/h5-6H,2-4,7-8,11-12H2,1H3/b9-5-,10-6+. The molecule has 0 amide bonds. The molecule has 1 aliphatic rings. The third-order valence-corrected chi connectivity index (χ3v) is 2.24. The third-order valence-electron chi connectivity index (χ3n) is 2.24. The van der Waals surface area contributed by atoms with Crippen molar-refractivity contribution in [2.45, 2.75) is 26.2 Å². The minimum Gasteiger partial charge on any atom is -0.402 e. The molecule has 0 radical (unpaired) electrons. The number of hydrogen-bond donors (Lipinski definition) is 2. The molecule has 74 valence electrons. The van der Waals surface area contributed by atoms with E-state index in [0.717, 1.165) is 24.6 Å². The van der Waals surface area contributed by atoms with Gasteiger partial charge >= 0.3 is 0 Å². The van der Waals surface area contributed by atoms with Crippen molar-refractivity contribution in [3.63, 3.8) is 0 Å². The predicted molar refractivity (Wildman–Crippen MR) is 55.6 cm³/mol. The Hall–Kier alpha value is -1.12. The summed E-state index contributed by atoms with van der Waals surface area (Å²) in [6.07, 6.45) is 7.57. The van der Waals surface area contributed by atoms with Crippen LogP contribution >= 0.6 is 0 Å². The molecule has 1 heterocycles. The van der Waals surface area contributed by atoms with Gasteiger partial charge in [-0.1, -0.05) is 0 Å². The van der Waals surface area contributed by atoms with Crippen molar-refractivity contribution >= 4 is 0 Å². The first kappa shape index (κ1) is 9.96. The molecule has 0 unspecified atom stereocenters. The maximum absolute atomic E-state index is 5.88. The molecule has 0 bridgehead atoms. The van der Waals surface area contributed by atoms with Crippen LogP contribution in [-0.4, -0.2) is 18.0 Å². The fourth-order valence-corrected chi connectivity index (χ4v) is 1.47. The smallest absolute Gasteiger partial charge is 0.0986 e. The van der Waals surface area contributed by atoms with Crippen LogP contribution in [-0.2, 0) is 0 Å². The first-order valence-electron chi connectivity index (χ1n) is 4.84. The number of hydrogen-bond acceptors (Lipinski definition) is 3. The van der Waals surface area contributed by atoms with Gasteiger partial charge in [0.05, 0.1) is 5.82 Å². The van der Waals surface area contributed by atoms with Crippen LogP contribution in [0, 0.1) is 0 Å². The molecular weight excluding hydrogens is 162 g/mol. The average molecular weight is 181 g/mol. The molecule has 0 atom stereocenters. The fraction of sp³-hybridized carbons (Fsp3) is 0.600. The van der Waals surface area contributed by atoms with Gasteiger partial charge in [0.2, 0.25) is 0 Å². The van der Waals surface area contributed by atoms with Crippen LogP contribution in [0.25, 0.3) is 0 Å². The van der Waals surface area contributed by atoms with Crippen molar-refractivity contribution in [2.75, 3.05) is 13.1 Å². The third kappa shape index (κ3) is 3.40. The molecule has 0 spiro atoms. The van der Waals surface area contributed by atoms with Gasteiger partial charge in [0.25, 0.3) is 0 Å². The van der Waals surface area contributed by atoms with E-state index in [2.05, 4.69) is 4.90 Å². The van der Waals surface area contributed by atoms with E-state index >= 15 is 0 Å². The van der Waals surface area contributed by atoms with Crippen LogP contribution in [0.15, 0.2) is 23.7 Å². The average Bonchev–Trinajstić information content (AvgIpc) is 2.15. The number of nitrogens with zero attached hydrogens (tertiary/aromatic N) is 1. The molecule has 1 fully saturated rings. The molecule has 13 heavy (non-hydrogen) atoms. The van der Waals surface area contributed by atoms with Gasteiger partial charge in [0, 0.05) is 18.8 Å². The molecule has 0 aliphatic carbocycles. The van der Waals surface area contributed by atoms with Gasteiger partial charge < -0.3 is 16.4 Å². The molecule has 4 N–H and O–H groups in total. The summed E-state index contributed by atoms with van der Waals surface area (Å²) < 4.78 is 0. The van der Waals surface area contributed by atoms with Gasteiger partial charge in [-0.2, -0.15) is 0 Å². The Labute approximate surface area is 80.1 Å². The molecule has 1 rings (SSSR count). The number of allylic oxidation sites excluding steroid dienone is 3. The Morgan fingerprint density at radius 3 is 2.23 bits per heavy atom. The lowest BCUT2D eigenvalue weighted by Gasteiger charge is -2.28. The van der Waals surface area contributed by atoms with E-state index in [1.54, 1.807) is 0 Å². The summed E-state index contributed by atoms with van der Waals surface area (Å²) in [5.74, 6) is 0.838.